The van der Waals surface area contributed by atoms with Crippen LogP contribution in [0.2, 0.25) is 0 Å². The molecule has 3 rings (SSSR count). The molecular formula is C14H11Cl2NO3. The van der Waals surface area contributed by atoms with E-state index in [1.165, 1.54) is 4.57 Å². The van der Waals surface area contributed by atoms with Crippen LogP contribution >= 0.6 is 23.2 Å². The summed E-state index contributed by atoms with van der Waals surface area (Å²) in [6, 6.07) is 5.40. The number of benzene rings is 1. The predicted molar refractivity (Wildman–Crippen MR) is 78.0 cm³/mol. The zero-order valence-corrected chi connectivity index (χ0v) is 11.9. The number of carbonyl (C=O) groups is 1. The summed E-state index contributed by atoms with van der Waals surface area (Å²) in [5.74, 6) is -1.10. The number of aromatic nitrogens is 1. The minimum atomic E-state index is -1.37. The van der Waals surface area contributed by atoms with E-state index in [0.717, 1.165) is 18.4 Å². The first-order valence-corrected chi connectivity index (χ1v) is 7.09. The lowest BCUT2D eigenvalue weighted by Crippen LogP contribution is -2.31. The molecule has 20 heavy (non-hydrogen) atoms. The smallest absolute Gasteiger partial charge is 0.265 e. The fraction of sp³-hybridized carbons (Fsp3) is 0.286. The maximum absolute atomic E-state index is 12.4. The minimum Gasteiger partial charge on any atom is -0.506 e. The Kier molecular flexibility index (Phi) is 3.22. The van der Waals surface area contributed by atoms with Gasteiger partial charge in [-0.1, -0.05) is 35.3 Å². The molecule has 1 N–H and O–H groups in total. The molecule has 0 aliphatic carbocycles. The highest BCUT2D eigenvalue weighted by Gasteiger charge is 2.27. The average molecular weight is 312 g/mol. The number of para-hydroxylation sites is 1. The predicted octanol–water partition coefficient (Wildman–Crippen LogP) is 2.64. The zero-order valence-electron chi connectivity index (χ0n) is 10.4. The van der Waals surface area contributed by atoms with Crippen LogP contribution in [-0.2, 0) is 13.0 Å². The lowest BCUT2D eigenvalue weighted by molar-refractivity contribution is 0.100. The van der Waals surface area contributed by atoms with Gasteiger partial charge in [0.2, 0.25) is 5.78 Å². The number of aromatic hydroxyl groups is 1. The molecule has 104 valence electrons. The molecule has 0 bridgehead atoms. The number of halogens is 2. The Morgan fingerprint density at radius 1 is 1.35 bits per heavy atom. The van der Waals surface area contributed by atoms with Gasteiger partial charge in [0.25, 0.3) is 5.56 Å². The van der Waals surface area contributed by atoms with Crippen molar-refractivity contribution in [1.29, 1.82) is 0 Å². The van der Waals surface area contributed by atoms with Crippen LogP contribution < -0.4 is 5.56 Å². The molecule has 0 unspecified atom stereocenters. The number of hydrogen-bond donors (Lipinski definition) is 1. The SMILES string of the molecule is O=C(c1c(O)c2cccc3c2n(c1=O)CCC3)C(Cl)Cl. The second kappa shape index (κ2) is 4.79. The monoisotopic (exact) mass is 311 g/mol. The Balaban J connectivity index is 2.46. The van der Waals surface area contributed by atoms with Crippen LogP contribution in [0.1, 0.15) is 22.3 Å². The van der Waals surface area contributed by atoms with Gasteiger partial charge in [-0.2, -0.15) is 0 Å². The molecule has 1 aliphatic rings. The quantitative estimate of drug-likeness (QED) is 0.685. The molecule has 1 aromatic carbocycles. The third-order valence-corrected chi connectivity index (χ3v) is 4.01. The molecule has 4 nitrogen and oxygen atoms in total. The molecule has 0 saturated heterocycles. The number of nitrogens with zero attached hydrogens (tertiary/aromatic N) is 1. The highest BCUT2D eigenvalue weighted by atomic mass is 35.5. The first-order valence-electron chi connectivity index (χ1n) is 6.22. The van der Waals surface area contributed by atoms with Gasteiger partial charge in [0, 0.05) is 11.9 Å². The van der Waals surface area contributed by atoms with E-state index in [2.05, 4.69) is 0 Å². The Morgan fingerprint density at radius 2 is 2.10 bits per heavy atom. The van der Waals surface area contributed by atoms with Crippen molar-refractivity contribution in [2.75, 3.05) is 0 Å². The third kappa shape index (κ3) is 1.83. The molecule has 0 amide bonds. The molecule has 0 radical (unpaired) electrons. The molecule has 2 heterocycles. The highest BCUT2D eigenvalue weighted by molar-refractivity contribution is 6.55. The number of carbonyl (C=O) groups excluding carboxylic acids is 1. The van der Waals surface area contributed by atoms with Gasteiger partial charge in [0.15, 0.2) is 4.84 Å². The highest BCUT2D eigenvalue weighted by Crippen LogP contribution is 2.32. The Labute approximate surface area is 124 Å². The van der Waals surface area contributed by atoms with Crippen LogP contribution in [0.3, 0.4) is 0 Å². The Morgan fingerprint density at radius 3 is 2.80 bits per heavy atom. The van der Waals surface area contributed by atoms with E-state index in [-0.39, 0.29) is 11.3 Å². The van der Waals surface area contributed by atoms with Crippen molar-refractivity contribution in [3.05, 3.63) is 39.7 Å². The number of pyridine rings is 1. The Bertz CT molecular complexity index is 780. The number of Topliss-reactive ketones (excluding diaryl/α,β-unsaturated/α-hetero) is 1. The molecular weight excluding hydrogens is 301 g/mol. The maximum atomic E-state index is 12.4. The minimum absolute atomic E-state index is 0.327. The van der Waals surface area contributed by atoms with Crippen LogP contribution in [0.4, 0.5) is 0 Å². The molecule has 1 aliphatic heterocycles. The second-order valence-electron chi connectivity index (χ2n) is 4.76. The van der Waals surface area contributed by atoms with Crippen molar-refractivity contribution in [1.82, 2.24) is 4.57 Å². The maximum Gasteiger partial charge on any atom is 0.265 e. The van der Waals surface area contributed by atoms with E-state index in [0.29, 0.717) is 17.4 Å². The van der Waals surface area contributed by atoms with Crippen molar-refractivity contribution in [3.63, 3.8) is 0 Å². The van der Waals surface area contributed by atoms with Crippen molar-refractivity contribution in [2.24, 2.45) is 0 Å². The normalized spacial score (nSPS) is 13.9. The first kappa shape index (κ1) is 13.5. The van der Waals surface area contributed by atoms with E-state index in [1.807, 2.05) is 6.07 Å². The molecule has 0 atom stereocenters. The van der Waals surface area contributed by atoms with Gasteiger partial charge in [-0.15, -0.1) is 0 Å². The van der Waals surface area contributed by atoms with Gasteiger partial charge in [0.05, 0.1) is 5.52 Å². The van der Waals surface area contributed by atoms with Crippen LogP contribution in [-0.4, -0.2) is 20.3 Å². The summed E-state index contributed by atoms with van der Waals surface area (Å²) in [4.78, 5) is 23.0. The summed E-state index contributed by atoms with van der Waals surface area (Å²) >= 11 is 11.1. The fourth-order valence-corrected chi connectivity index (χ4v) is 2.97. The zero-order chi connectivity index (χ0) is 14.4. The number of aryl methyl sites for hydroxylation is 2. The average Bonchev–Trinajstić information content (AvgIpc) is 2.44. The number of ketones is 1. The third-order valence-electron chi connectivity index (χ3n) is 3.61. The van der Waals surface area contributed by atoms with Gasteiger partial charge in [-0.25, -0.2) is 0 Å². The van der Waals surface area contributed by atoms with E-state index < -0.39 is 16.2 Å². The summed E-state index contributed by atoms with van der Waals surface area (Å²) < 4.78 is 1.53. The van der Waals surface area contributed by atoms with Gasteiger partial charge < -0.3 is 9.67 Å². The van der Waals surface area contributed by atoms with E-state index in [4.69, 9.17) is 23.2 Å². The largest absolute Gasteiger partial charge is 0.506 e. The second-order valence-corrected chi connectivity index (χ2v) is 5.86. The van der Waals surface area contributed by atoms with Crippen molar-refractivity contribution in [3.8, 4) is 5.75 Å². The van der Waals surface area contributed by atoms with E-state index >= 15 is 0 Å². The van der Waals surface area contributed by atoms with Crippen LogP contribution in [0.5, 0.6) is 5.75 Å². The van der Waals surface area contributed by atoms with Crippen LogP contribution in [0.15, 0.2) is 23.0 Å². The van der Waals surface area contributed by atoms with E-state index in [1.54, 1.807) is 12.1 Å². The van der Waals surface area contributed by atoms with Gasteiger partial charge in [0.1, 0.15) is 11.3 Å². The lowest BCUT2D eigenvalue weighted by atomic mass is 9.98. The topological polar surface area (TPSA) is 59.3 Å². The standard InChI is InChI=1S/C14H11Cl2NO3/c15-13(16)12(19)9-11(18)8-5-1-3-7-4-2-6-17(10(7)8)14(9)20/h1,3,5,13,18H,2,4,6H2. The van der Waals surface area contributed by atoms with Gasteiger partial charge in [-0.05, 0) is 24.5 Å². The van der Waals surface area contributed by atoms with Gasteiger partial charge >= 0.3 is 0 Å². The fourth-order valence-electron chi connectivity index (χ4n) is 2.75. The molecule has 6 heteroatoms. The molecule has 0 fully saturated rings. The van der Waals surface area contributed by atoms with Crippen LogP contribution in [0, 0.1) is 0 Å². The number of rotatable bonds is 2. The first-order chi connectivity index (χ1) is 9.52. The Hall–Kier alpha value is -1.52. The van der Waals surface area contributed by atoms with Crippen molar-refractivity contribution >= 4 is 39.9 Å². The summed E-state index contributed by atoms with van der Waals surface area (Å²) in [7, 11) is 0. The molecule has 0 spiro atoms. The summed E-state index contributed by atoms with van der Waals surface area (Å²) in [5, 5.41) is 10.8. The lowest BCUT2D eigenvalue weighted by Gasteiger charge is -2.21. The van der Waals surface area contributed by atoms with Crippen molar-refractivity contribution < 1.29 is 9.90 Å². The summed E-state index contributed by atoms with van der Waals surface area (Å²) in [6.07, 6.45) is 1.66. The van der Waals surface area contributed by atoms with Crippen molar-refractivity contribution in [2.45, 2.75) is 24.2 Å². The summed E-state index contributed by atoms with van der Waals surface area (Å²) in [6.45, 7) is 0.516. The van der Waals surface area contributed by atoms with Gasteiger partial charge in [-0.3, -0.25) is 9.59 Å². The summed E-state index contributed by atoms with van der Waals surface area (Å²) in [5.41, 5.74) is 0.831. The van der Waals surface area contributed by atoms with Crippen LogP contribution in [0.25, 0.3) is 10.9 Å². The molecule has 2 aromatic rings. The number of hydrogen-bond acceptors (Lipinski definition) is 3. The number of alkyl halides is 2. The molecule has 0 saturated carbocycles. The molecule has 1 aromatic heterocycles. The van der Waals surface area contributed by atoms with E-state index in [9.17, 15) is 14.7 Å².